The molecule has 0 saturated heterocycles. The summed E-state index contributed by atoms with van der Waals surface area (Å²) in [7, 11) is 0. The molecule has 0 bridgehead atoms. The van der Waals surface area contributed by atoms with Gasteiger partial charge in [0, 0.05) is 12.1 Å². The molecule has 106 valence electrons. The van der Waals surface area contributed by atoms with Crippen molar-refractivity contribution in [2.24, 2.45) is 0 Å². The molecule has 0 fully saturated rings. The van der Waals surface area contributed by atoms with Crippen molar-refractivity contribution in [3.8, 4) is 5.75 Å². The minimum absolute atomic E-state index is 0.0361. The molecule has 4 nitrogen and oxygen atoms in total. The molecule has 1 rings (SSSR count). The van der Waals surface area contributed by atoms with Gasteiger partial charge in [-0.2, -0.15) is 0 Å². The average molecular weight is 265 g/mol. The highest BCUT2D eigenvalue weighted by Gasteiger charge is 2.24. The smallest absolute Gasteiger partial charge is 0.317 e. The molecule has 1 aromatic carbocycles. The number of phenols is 1. The minimum atomic E-state index is -0.808. The normalized spacial score (nSPS) is 14.3. The molecule has 2 atom stereocenters. The summed E-state index contributed by atoms with van der Waals surface area (Å²) in [6, 6.07) is 7.28. The van der Waals surface area contributed by atoms with Crippen LogP contribution in [0.2, 0.25) is 0 Å². The number of phenolic OH excluding ortho intramolecular Hbond substituents is 1. The van der Waals surface area contributed by atoms with Gasteiger partial charge < -0.3 is 10.2 Å². The predicted molar refractivity (Wildman–Crippen MR) is 75.2 cm³/mol. The zero-order valence-corrected chi connectivity index (χ0v) is 11.8. The summed E-state index contributed by atoms with van der Waals surface area (Å²) in [5.74, 6) is -0.579. The molecule has 0 aromatic heterocycles. The Labute approximate surface area is 114 Å². The van der Waals surface area contributed by atoms with Crippen LogP contribution in [0.3, 0.4) is 0 Å². The number of hydrogen-bond acceptors (Lipinski definition) is 3. The summed E-state index contributed by atoms with van der Waals surface area (Å²) in [6.07, 6.45) is 1.74. The van der Waals surface area contributed by atoms with E-state index in [2.05, 4.69) is 13.8 Å². The molecular formula is C15H23NO3. The average Bonchev–Trinajstić information content (AvgIpc) is 2.39. The Morgan fingerprint density at radius 2 is 1.79 bits per heavy atom. The highest BCUT2D eigenvalue weighted by Crippen LogP contribution is 2.28. The Morgan fingerprint density at radius 3 is 2.21 bits per heavy atom. The van der Waals surface area contributed by atoms with Gasteiger partial charge in [-0.25, -0.2) is 0 Å². The molecular weight excluding hydrogens is 242 g/mol. The lowest BCUT2D eigenvalue weighted by Gasteiger charge is -2.34. The van der Waals surface area contributed by atoms with E-state index in [1.165, 1.54) is 0 Å². The summed E-state index contributed by atoms with van der Waals surface area (Å²) >= 11 is 0. The lowest BCUT2D eigenvalue weighted by Crippen LogP contribution is -2.39. The van der Waals surface area contributed by atoms with Gasteiger partial charge in [-0.1, -0.05) is 26.0 Å². The maximum absolute atomic E-state index is 11.1. The van der Waals surface area contributed by atoms with Crippen LogP contribution in [0.4, 0.5) is 0 Å². The van der Waals surface area contributed by atoms with E-state index in [-0.39, 0.29) is 24.4 Å². The van der Waals surface area contributed by atoms with Crippen LogP contribution in [0.25, 0.3) is 0 Å². The van der Waals surface area contributed by atoms with Gasteiger partial charge in [0.15, 0.2) is 0 Å². The first kappa shape index (κ1) is 15.5. The molecule has 0 aliphatic carbocycles. The van der Waals surface area contributed by atoms with Crippen LogP contribution in [0.5, 0.6) is 5.75 Å². The van der Waals surface area contributed by atoms with Crippen LogP contribution in [0, 0.1) is 0 Å². The lowest BCUT2D eigenvalue weighted by molar-refractivity contribution is -0.139. The highest BCUT2D eigenvalue weighted by molar-refractivity contribution is 5.69. The second-order valence-electron chi connectivity index (χ2n) is 4.84. The second kappa shape index (κ2) is 7.14. The van der Waals surface area contributed by atoms with E-state index < -0.39 is 5.97 Å². The van der Waals surface area contributed by atoms with Crippen molar-refractivity contribution < 1.29 is 15.0 Å². The maximum atomic E-state index is 11.1. The molecule has 2 unspecified atom stereocenters. The Balaban J connectivity index is 3.01. The topological polar surface area (TPSA) is 60.8 Å². The summed E-state index contributed by atoms with van der Waals surface area (Å²) < 4.78 is 0. The first-order valence-corrected chi connectivity index (χ1v) is 6.76. The van der Waals surface area contributed by atoms with Crippen molar-refractivity contribution >= 4 is 5.97 Å². The van der Waals surface area contributed by atoms with Crippen molar-refractivity contribution in [3.05, 3.63) is 29.8 Å². The number of carboxylic acids is 1. The van der Waals surface area contributed by atoms with Gasteiger partial charge in [0.25, 0.3) is 0 Å². The first-order valence-electron chi connectivity index (χ1n) is 6.76. The second-order valence-corrected chi connectivity index (χ2v) is 4.84. The molecule has 2 N–H and O–H groups in total. The van der Waals surface area contributed by atoms with E-state index >= 15 is 0 Å². The van der Waals surface area contributed by atoms with E-state index in [1.54, 1.807) is 12.1 Å². The molecule has 0 spiro atoms. The van der Waals surface area contributed by atoms with Crippen molar-refractivity contribution in [2.75, 3.05) is 6.54 Å². The van der Waals surface area contributed by atoms with Gasteiger partial charge >= 0.3 is 5.97 Å². The number of nitrogens with zero attached hydrogens (tertiary/aromatic N) is 1. The fourth-order valence-corrected chi connectivity index (χ4v) is 2.32. The van der Waals surface area contributed by atoms with Crippen molar-refractivity contribution in [2.45, 2.75) is 45.7 Å². The molecule has 0 aliphatic heterocycles. The summed E-state index contributed by atoms with van der Waals surface area (Å²) in [4.78, 5) is 13.1. The lowest BCUT2D eigenvalue weighted by atomic mass is 10.00. The number of hydrogen-bond donors (Lipinski definition) is 2. The molecule has 0 radical (unpaired) electrons. The molecule has 0 amide bonds. The zero-order valence-electron chi connectivity index (χ0n) is 11.8. The quantitative estimate of drug-likeness (QED) is 0.795. The molecule has 0 heterocycles. The van der Waals surface area contributed by atoms with Crippen LogP contribution >= 0.6 is 0 Å². The molecule has 4 heteroatoms. The van der Waals surface area contributed by atoms with Gasteiger partial charge in [-0.05, 0) is 37.5 Å². The third-order valence-electron chi connectivity index (χ3n) is 3.54. The van der Waals surface area contributed by atoms with Gasteiger partial charge in [0.05, 0.1) is 6.54 Å². The number of aliphatic carboxylic acids is 1. The molecule has 0 aliphatic rings. The highest BCUT2D eigenvalue weighted by atomic mass is 16.4. The molecule has 0 saturated carbocycles. The Hall–Kier alpha value is -1.55. The summed E-state index contributed by atoms with van der Waals surface area (Å²) in [5, 5.41) is 18.4. The van der Waals surface area contributed by atoms with E-state index in [0.717, 1.165) is 18.4 Å². The van der Waals surface area contributed by atoms with E-state index in [1.807, 2.05) is 24.0 Å². The largest absolute Gasteiger partial charge is 0.508 e. The molecule has 19 heavy (non-hydrogen) atoms. The number of carbonyl (C=O) groups is 1. The van der Waals surface area contributed by atoms with Crippen LogP contribution in [0.15, 0.2) is 24.3 Å². The van der Waals surface area contributed by atoms with Crippen LogP contribution in [-0.4, -0.2) is 33.7 Å². The number of benzene rings is 1. The van der Waals surface area contributed by atoms with Crippen LogP contribution < -0.4 is 0 Å². The Morgan fingerprint density at radius 1 is 1.21 bits per heavy atom. The zero-order chi connectivity index (χ0) is 14.4. The van der Waals surface area contributed by atoms with E-state index in [4.69, 9.17) is 5.11 Å². The van der Waals surface area contributed by atoms with Crippen molar-refractivity contribution in [3.63, 3.8) is 0 Å². The SMILES string of the molecule is CCC(C)N(CC(=O)O)C(CC)c1ccc(O)cc1. The fraction of sp³-hybridized carbons (Fsp3) is 0.533. The molecule has 1 aromatic rings. The minimum Gasteiger partial charge on any atom is -0.508 e. The summed E-state index contributed by atoms with van der Waals surface area (Å²) in [6.45, 7) is 6.19. The maximum Gasteiger partial charge on any atom is 0.317 e. The Bertz CT molecular complexity index is 402. The van der Waals surface area contributed by atoms with Gasteiger partial charge in [0.1, 0.15) is 5.75 Å². The standard InChI is InChI=1S/C15H23NO3/c1-4-11(3)16(10-15(18)19)14(5-2)12-6-8-13(17)9-7-12/h6-9,11,14,17H,4-5,10H2,1-3H3,(H,18,19). The Kier molecular flexibility index (Phi) is 5.83. The third-order valence-corrected chi connectivity index (χ3v) is 3.54. The number of carboxylic acid groups (broad SMARTS) is 1. The summed E-state index contributed by atoms with van der Waals surface area (Å²) in [5.41, 5.74) is 1.04. The van der Waals surface area contributed by atoms with Crippen molar-refractivity contribution in [1.82, 2.24) is 4.90 Å². The van der Waals surface area contributed by atoms with Crippen LogP contribution in [-0.2, 0) is 4.79 Å². The van der Waals surface area contributed by atoms with Crippen molar-refractivity contribution in [1.29, 1.82) is 0 Å². The van der Waals surface area contributed by atoms with Gasteiger partial charge in [0.2, 0.25) is 0 Å². The number of aromatic hydroxyl groups is 1. The van der Waals surface area contributed by atoms with E-state index in [0.29, 0.717) is 0 Å². The van der Waals surface area contributed by atoms with E-state index in [9.17, 15) is 9.90 Å². The fourth-order valence-electron chi connectivity index (χ4n) is 2.32. The van der Waals surface area contributed by atoms with Gasteiger partial charge in [-0.3, -0.25) is 9.69 Å². The van der Waals surface area contributed by atoms with Gasteiger partial charge in [-0.15, -0.1) is 0 Å². The predicted octanol–water partition coefficient (Wildman–Crippen LogP) is 3.03. The first-order chi connectivity index (χ1) is 8.99. The third kappa shape index (κ3) is 4.24. The number of rotatable bonds is 7. The monoisotopic (exact) mass is 265 g/mol. The van der Waals surface area contributed by atoms with Crippen LogP contribution in [0.1, 0.15) is 45.2 Å².